The summed E-state index contributed by atoms with van der Waals surface area (Å²) in [7, 11) is 1.69. The van der Waals surface area contributed by atoms with E-state index in [-0.39, 0.29) is 12.3 Å². The molecule has 0 bridgehead atoms. The molecule has 0 saturated carbocycles. The Morgan fingerprint density at radius 2 is 1.80 bits per heavy atom. The number of carboxylic acids is 1. The third-order valence-corrected chi connectivity index (χ3v) is 3.23. The van der Waals surface area contributed by atoms with Crippen LogP contribution in [-0.2, 0) is 4.79 Å². The van der Waals surface area contributed by atoms with Gasteiger partial charge in [-0.1, -0.05) is 30.3 Å². The van der Waals surface area contributed by atoms with E-state index < -0.39 is 5.97 Å². The average Bonchev–Trinajstić information content (AvgIpc) is 2.45. The van der Waals surface area contributed by atoms with Crippen LogP contribution in [0.25, 0.3) is 10.8 Å². The van der Waals surface area contributed by atoms with Crippen molar-refractivity contribution in [3.63, 3.8) is 0 Å². The molecule has 20 heavy (non-hydrogen) atoms. The third-order valence-electron chi connectivity index (χ3n) is 3.23. The lowest BCUT2D eigenvalue weighted by molar-refractivity contribution is -0.137. The number of rotatable bonds is 5. The van der Waals surface area contributed by atoms with Gasteiger partial charge >= 0.3 is 5.97 Å². The first kappa shape index (κ1) is 14.1. The first-order valence-corrected chi connectivity index (χ1v) is 6.54. The Morgan fingerprint density at radius 1 is 1.10 bits per heavy atom. The van der Waals surface area contributed by atoms with Crippen molar-refractivity contribution in [2.45, 2.75) is 12.8 Å². The number of hydrogen-bond donors (Lipinski definition) is 1. The second-order valence-corrected chi connectivity index (χ2v) is 4.79. The van der Waals surface area contributed by atoms with Gasteiger partial charge in [-0.3, -0.25) is 9.59 Å². The molecule has 0 saturated heterocycles. The van der Waals surface area contributed by atoms with E-state index in [0.717, 1.165) is 10.8 Å². The maximum atomic E-state index is 12.2. The number of aliphatic carboxylic acids is 1. The number of nitrogens with zero attached hydrogens (tertiary/aromatic N) is 1. The predicted molar refractivity (Wildman–Crippen MR) is 77.8 cm³/mol. The smallest absolute Gasteiger partial charge is 0.303 e. The zero-order chi connectivity index (χ0) is 14.5. The van der Waals surface area contributed by atoms with Crippen LogP contribution >= 0.6 is 0 Å². The zero-order valence-electron chi connectivity index (χ0n) is 11.4. The molecule has 1 N–H and O–H groups in total. The molecular weight excluding hydrogens is 254 g/mol. The maximum Gasteiger partial charge on any atom is 0.303 e. The van der Waals surface area contributed by atoms with E-state index in [1.807, 2.05) is 36.4 Å². The summed E-state index contributed by atoms with van der Waals surface area (Å²) in [5.74, 6) is -0.919. The normalized spacial score (nSPS) is 10.4. The zero-order valence-corrected chi connectivity index (χ0v) is 11.4. The minimum atomic E-state index is -0.837. The van der Waals surface area contributed by atoms with Crippen molar-refractivity contribution in [1.82, 2.24) is 4.90 Å². The molecule has 0 unspecified atom stereocenters. The number of carbonyl (C=O) groups excluding carboxylic acids is 1. The van der Waals surface area contributed by atoms with E-state index in [9.17, 15) is 9.59 Å². The van der Waals surface area contributed by atoms with Crippen LogP contribution in [0.2, 0.25) is 0 Å². The Bertz CT molecular complexity index is 636. The van der Waals surface area contributed by atoms with E-state index in [0.29, 0.717) is 18.5 Å². The highest BCUT2D eigenvalue weighted by Gasteiger charge is 2.12. The van der Waals surface area contributed by atoms with Crippen molar-refractivity contribution in [3.8, 4) is 0 Å². The number of fused-ring (bicyclic) bond motifs is 1. The van der Waals surface area contributed by atoms with Crippen molar-refractivity contribution in [2.75, 3.05) is 13.6 Å². The number of carbonyl (C=O) groups is 2. The SMILES string of the molecule is CN(CCCC(=O)O)C(=O)c1ccc2ccccc2c1. The fraction of sp³-hybridized carbons (Fsp3) is 0.250. The topological polar surface area (TPSA) is 57.6 Å². The van der Waals surface area contributed by atoms with Gasteiger partial charge in [0.25, 0.3) is 5.91 Å². The molecule has 0 aliphatic carbocycles. The molecule has 0 radical (unpaired) electrons. The largest absolute Gasteiger partial charge is 0.481 e. The van der Waals surface area contributed by atoms with Crippen LogP contribution in [0.5, 0.6) is 0 Å². The Labute approximate surface area is 117 Å². The molecule has 4 nitrogen and oxygen atoms in total. The summed E-state index contributed by atoms with van der Waals surface area (Å²) in [6.45, 7) is 0.442. The molecular formula is C16H17NO3. The van der Waals surface area contributed by atoms with Crippen LogP contribution in [0.4, 0.5) is 0 Å². The summed E-state index contributed by atoms with van der Waals surface area (Å²) in [6.07, 6.45) is 0.542. The van der Waals surface area contributed by atoms with Gasteiger partial charge in [0, 0.05) is 25.6 Å². The van der Waals surface area contributed by atoms with Gasteiger partial charge in [-0.25, -0.2) is 0 Å². The van der Waals surface area contributed by atoms with Gasteiger partial charge in [0.05, 0.1) is 0 Å². The summed E-state index contributed by atoms with van der Waals surface area (Å²) >= 11 is 0. The molecule has 0 aliphatic rings. The minimum absolute atomic E-state index is 0.0787. The molecule has 0 atom stereocenters. The van der Waals surface area contributed by atoms with E-state index in [1.54, 1.807) is 18.0 Å². The van der Waals surface area contributed by atoms with Crippen molar-refractivity contribution in [3.05, 3.63) is 48.0 Å². The second kappa shape index (κ2) is 6.19. The molecule has 2 rings (SSSR count). The van der Waals surface area contributed by atoms with Crippen LogP contribution in [0.15, 0.2) is 42.5 Å². The van der Waals surface area contributed by atoms with Gasteiger partial charge in [-0.2, -0.15) is 0 Å². The molecule has 0 heterocycles. The average molecular weight is 271 g/mol. The molecule has 2 aromatic rings. The van der Waals surface area contributed by atoms with E-state index in [1.165, 1.54) is 0 Å². The third kappa shape index (κ3) is 3.35. The van der Waals surface area contributed by atoms with Crippen molar-refractivity contribution < 1.29 is 14.7 Å². The quantitative estimate of drug-likeness (QED) is 0.909. The van der Waals surface area contributed by atoms with Crippen LogP contribution in [0.1, 0.15) is 23.2 Å². The lowest BCUT2D eigenvalue weighted by Crippen LogP contribution is -2.28. The number of amides is 1. The number of hydrogen-bond acceptors (Lipinski definition) is 2. The highest BCUT2D eigenvalue weighted by molar-refractivity contribution is 5.98. The Morgan fingerprint density at radius 3 is 2.50 bits per heavy atom. The Kier molecular flexibility index (Phi) is 4.35. The molecule has 4 heteroatoms. The van der Waals surface area contributed by atoms with Crippen LogP contribution in [-0.4, -0.2) is 35.5 Å². The lowest BCUT2D eigenvalue weighted by Gasteiger charge is -2.17. The molecule has 1 amide bonds. The summed E-state index contributed by atoms with van der Waals surface area (Å²) in [6, 6.07) is 13.5. The van der Waals surface area contributed by atoms with Crippen LogP contribution < -0.4 is 0 Å². The van der Waals surface area contributed by atoms with Gasteiger partial charge in [0.15, 0.2) is 0 Å². The maximum absolute atomic E-state index is 12.2. The molecule has 0 aromatic heterocycles. The van der Waals surface area contributed by atoms with E-state index in [4.69, 9.17) is 5.11 Å². The first-order chi connectivity index (χ1) is 9.58. The number of benzene rings is 2. The second-order valence-electron chi connectivity index (χ2n) is 4.79. The van der Waals surface area contributed by atoms with Crippen molar-refractivity contribution in [1.29, 1.82) is 0 Å². The molecule has 0 spiro atoms. The summed E-state index contributed by atoms with van der Waals surface area (Å²) in [5, 5.41) is 10.7. The fourth-order valence-corrected chi connectivity index (χ4v) is 2.11. The van der Waals surface area contributed by atoms with Gasteiger partial charge in [-0.15, -0.1) is 0 Å². The summed E-state index contributed by atoms with van der Waals surface area (Å²) in [5.41, 5.74) is 0.626. The first-order valence-electron chi connectivity index (χ1n) is 6.54. The van der Waals surface area contributed by atoms with Gasteiger partial charge in [0.1, 0.15) is 0 Å². The predicted octanol–water partition coefficient (Wildman–Crippen LogP) is 2.78. The molecule has 0 aliphatic heterocycles. The number of carboxylic acid groups (broad SMARTS) is 1. The van der Waals surface area contributed by atoms with Crippen LogP contribution in [0, 0.1) is 0 Å². The van der Waals surface area contributed by atoms with Gasteiger partial charge in [0.2, 0.25) is 0 Å². The highest BCUT2D eigenvalue weighted by Crippen LogP contribution is 2.16. The Balaban J connectivity index is 2.08. The molecule has 104 valence electrons. The monoisotopic (exact) mass is 271 g/mol. The summed E-state index contributed by atoms with van der Waals surface area (Å²) in [4.78, 5) is 24.3. The van der Waals surface area contributed by atoms with E-state index >= 15 is 0 Å². The van der Waals surface area contributed by atoms with Gasteiger partial charge in [-0.05, 0) is 29.3 Å². The van der Waals surface area contributed by atoms with Crippen molar-refractivity contribution >= 4 is 22.6 Å². The lowest BCUT2D eigenvalue weighted by atomic mass is 10.1. The summed E-state index contributed by atoms with van der Waals surface area (Å²) < 4.78 is 0. The molecule has 2 aromatic carbocycles. The van der Waals surface area contributed by atoms with E-state index in [2.05, 4.69) is 0 Å². The minimum Gasteiger partial charge on any atom is -0.481 e. The standard InChI is InChI=1S/C16H17NO3/c1-17(10-4-7-15(18)19)16(20)14-9-8-12-5-2-3-6-13(12)11-14/h2-3,5-6,8-9,11H,4,7,10H2,1H3,(H,18,19). The Hall–Kier alpha value is -2.36. The van der Waals surface area contributed by atoms with Crippen molar-refractivity contribution in [2.24, 2.45) is 0 Å². The fourth-order valence-electron chi connectivity index (χ4n) is 2.11. The van der Waals surface area contributed by atoms with Gasteiger partial charge < -0.3 is 10.0 Å². The van der Waals surface area contributed by atoms with Crippen LogP contribution in [0.3, 0.4) is 0 Å². The molecule has 0 fully saturated rings. The highest BCUT2D eigenvalue weighted by atomic mass is 16.4.